The Hall–Kier alpha value is 0.710. The topological polar surface area (TPSA) is 21.6 Å². The summed E-state index contributed by atoms with van der Waals surface area (Å²) in [5.41, 5.74) is 0.293. The summed E-state index contributed by atoms with van der Waals surface area (Å²) in [6, 6.07) is 5.23. The Morgan fingerprint density at radius 3 is 2.11 bits per heavy atom. The molecule has 0 bridgehead atoms. The van der Waals surface area contributed by atoms with E-state index in [1.807, 2.05) is 13.8 Å². The zero-order valence-electron chi connectivity index (χ0n) is 10.1. The van der Waals surface area contributed by atoms with Gasteiger partial charge in [0.05, 0.1) is 0 Å². The van der Waals surface area contributed by atoms with Crippen LogP contribution in [0.4, 0.5) is 0 Å². The van der Waals surface area contributed by atoms with Gasteiger partial charge in [-0.05, 0) is 48.0 Å². The number of aliphatic imine (C=N–C) groups is 1. The van der Waals surface area contributed by atoms with Crippen LogP contribution in [-0.4, -0.2) is 19.7 Å². The third kappa shape index (κ3) is 3.00. The summed E-state index contributed by atoms with van der Waals surface area (Å²) in [5.74, 6) is 0.509. The van der Waals surface area contributed by atoms with E-state index in [0.29, 0.717) is 15.9 Å². The van der Waals surface area contributed by atoms with Gasteiger partial charge in [0.2, 0.25) is 10.4 Å². The van der Waals surface area contributed by atoms with E-state index in [1.165, 1.54) is 0 Å². The molecule has 0 N–H and O–H groups in total. The van der Waals surface area contributed by atoms with Crippen molar-refractivity contribution in [2.75, 3.05) is 0 Å². The molecule has 1 aromatic rings. The van der Waals surface area contributed by atoms with Gasteiger partial charge in [-0.2, -0.15) is 0 Å². The zero-order chi connectivity index (χ0) is 14.4. The maximum Gasteiger partial charge on any atom is 0.218 e. The average Bonchev–Trinajstić information content (AvgIpc) is 2.50. The summed E-state index contributed by atoms with van der Waals surface area (Å²) in [6.07, 6.45) is 0. The maximum atomic E-state index is 6.01. The van der Waals surface area contributed by atoms with Gasteiger partial charge in [0.1, 0.15) is 9.28 Å². The van der Waals surface area contributed by atoms with Crippen molar-refractivity contribution < 1.29 is 4.74 Å². The van der Waals surface area contributed by atoms with Crippen LogP contribution in [0.1, 0.15) is 19.4 Å². The third-order valence-electron chi connectivity index (χ3n) is 2.85. The summed E-state index contributed by atoms with van der Waals surface area (Å²) in [6.45, 7) is 3.97. The van der Waals surface area contributed by atoms with E-state index < -0.39 is 10.0 Å². The lowest BCUT2D eigenvalue weighted by Gasteiger charge is -2.34. The second kappa shape index (κ2) is 5.48. The molecule has 2 nitrogen and oxygen atoms in total. The van der Waals surface area contributed by atoms with Crippen molar-refractivity contribution in [3.05, 3.63) is 33.8 Å². The van der Waals surface area contributed by atoms with Crippen molar-refractivity contribution >= 4 is 76.9 Å². The molecule has 1 aliphatic rings. The predicted octanol–water partition coefficient (Wildman–Crippen LogP) is 5.76. The number of nitrogens with zero attached hydrogens (tertiary/aromatic N) is 1. The molecule has 0 aliphatic carbocycles. The molecule has 0 saturated carbocycles. The Labute approximate surface area is 147 Å². The van der Waals surface area contributed by atoms with E-state index in [9.17, 15) is 0 Å². The standard InChI is InChI=1S/C12H10Br3Cl2NO/c1-11(2)12(15,10(13)14)19-9(18-11)6-3-7(16)5-8(17)4-6/h3-5,10H,1-2H3. The van der Waals surface area contributed by atoms with Crippen LogP contribution in [0.2, 0.25) is 10.0 Å². The molecular formula is C12H10Br3Cl2NO. The van der Waals surface area contributed by atoms with E-state index in [1.54, 1.807) is 18.2 Å². The highest BCUT2D eigenvalue weighted by atomic mass is 79.9. The van der Waals surface area contributed by atoms with Crippen molar-refractivity contribution in [1.29, 1.82) is 0 Å². The highest BCUT2D eigenvalue weighted by Crippen LogP contribution is 2.48. The molecule has 1 aromatic carbocycles. The smallest absolute Gasteiger partial charge is 0.218 e. The van der Waals surface area contributed by atoms with Crippen LogP contribution in [0, 0.1) is 0 Å². The molecule has 1 heterocycles. The minimum Gasteiger partial charge on any atom is -0.454 e. The Morgan fingerprint density at radius 1 is 1.16 bits per heavy atom. The summed E-state index contributed by atoms with van der Waals surface area (Å²) >= 11 is 22.6. The molecule has 7 heteroatoms. The lowest BCUT2D eigenvalue weighted by atomic mass is 10.0. The number of benzene rings is 1. The van der Waals surface area contributed by atoms with E-state index in [-0.39, 0.29) is 3.74 Å². The van der Waals surface area contributed by atoms with Crippen LogP contribution in [0.15, 0.2) is 23.2 Å². The number of hydrogen-bond acceptors (Lipinski definition) is 2. The minimum atomic E-state index is -0.690. The van der Waals surface area contributed by atoms with Crippen molar-refractivity contribution in [1.82, 2.24) is 0 Å². The normalized spacial score (nSPS) is 25.4. The van der Waals surface area contributed by atoms with E-state index >= 15 is 0 Å². The van der Waals surface area contributed by atoms with Crippen LogP contribution in [0.25, 0.3) is 0 Å². The molecule has 0 spiro atoms. The fraction of sp³-hybridized carbons (Fsp3) is 0.417. The van der Waals surface area contributed by atoms with Crippen LogP contribution in [0.5, 0.6) is 0 Å². The molecular weight excluding hydrogens is 485 g/mol. The Bertz CT molecular complexity index is 528. The van der Waals surface area contributed by atoms with Gasteiger partial charge in [-0.25, -0.2) is 4.99 Å². The lowest BCUT2D eigenvalue weighted by Crippen LogP contribution is -2.46. The first-order valence-electron chi connectivity index (χ1n) is 5.38. The summed E-state index contributed by atoms with van der Waals surface area (Å²) in [4.78, 5) is 4.62. The summed E-state index contributed by atoms with van der Waals surface area (Å²) in [7, 11) is 0. The number of ether oxygens (including phenoxy) is 1. The number of hydrogen-bond donors (Lipinski definition) is 0. The fourth-order valence-electron chi connectivity index (χ4n) is 1.73. The molecule has 104 valence electrons. The molecule has 0 saturated heterocycles. The monoisotopic (exact) mass is 491 g/mol. The van der Waals surface area contributed by atoms with E-state index in [4.69, 9.17) is 27.9 Å². The van der Waals surface area contributed by atoms with Gasteiger partial charge in [0.25, 0.3) is 0 Å². The number of alkyl halides is 3. The van der Waals surface area contributed by atoms with Gasteiger partial charge in [0, 0.05) is 15.6 Å². The van der Waals surface area contributed by atoms with Gasteiger partial charge in [-0.3, -0.25) is 0 Å². The number of halogens is 5. The second-order valence-corrected chi connectivity index (χ2v) is 9.79. The molecule has 0 fully saturated rings. The Kier molecular flexibility index (Phi) is 4.64. The SMILES string of the molecule is CC1(C)N=C(c2cc(Cl)cc(Cl)c2)OC1(Br)C(Br)Br. The van der Waals surface area contributed by atoms with Crippen molar-refractivity contribution in [3.63, 3.8) is 0 Å². The largest absolute Gasteiger partial charge is 0.454 e. The molecule has 0 radical (unpaired) electrons. The van der Waals surface area contributed by atoms with Gasteiger partial charge in [-0.15, -0.1) is 0 Å². The average molecular weight is 495 g/mol. The van der Waals surface area contributed by atoms with Gasteiger partial charge < -0.3 is 4.74 Å². The van der Waals surface area contributed by atoms with Crippen LogP contribution in [-0.2, 0) is 4.74 Å². The molecule has 19 heavy (non-hydrogen) atoms. The third-order valence-corrected chi connectivity index (χ3v) is 7.40. The van der Waals surface area contributed by atoms with Crippen molar-refractivity contribution in [2.45, 2.75) is 27.6 Å². The summed E-state index contributed by atoms with van der Waals surface area (Å²) < 4.78 is 5.17. The molecule has 1 unspecified atom stereocenters. The minimum absolute atomic E-state index is 0.113. The van der Waals surface area contributed by atoms with Crippen LogP contribution < -0.4 is 0 Å². The molecule has 1 atom stereocenters. The number of rotatable bonds is 2. The highest BCUT2D eigenvalue weighted by Gasteiger charge is 2.55. The van der Waals surface area contributed by atoms with E-state index in [2.05, 4.69) is 52.8 Å². The molecule has 0 aromatic heterocycles. The van der Waals surface area contributed by atoms with Crippen molar-refractivity contribution in [3.8, 4) is 0 Å². The fourth-order valence-corrected chi connectivity index (χ4v) is 3.81. The summed E-state index contributed by atoms with van der Waals surface area (Å²) in [5, 5.41) is 1.10. The Balaban J connectivity index is 2.44. The quantitative estimate of drug-likeness (QED) is 0.479. The Morgan fingerprint density at radius 2 is 1.68 bits per heavy atom. The molecule has 1 aliphatic heterocycles. The first-order chi connectivity index (χ1) is 8.65. The highest BCUT2D eigenvalue weighted by molar-refractivity contribution is 9.25. The van der Waals surface area contributed by atoms with Gasteiger partial charge in [-0.1, -0.05) is 55.1 Å². The molecule has 2 rings (SSSR count). The van der Waals surface area contributed by atoms with Gasteiger partial charge in [0.15, 0.2) is 0 Å². The van der Waals surface area contributed by atoms with Crippen molar-refractivity contribution in [2.24, 2.45) is 4.99 Å². The first-order valence-corrected chi connectivity index (χ1v) is 8.76. The van der Waals surface area contributed by atoms with Gasteiger partial charge >= 0.3 is 0 Å². The zero-order valence-corrected chi connectivity index (χ0v) is 16.3. The van der Waals surface area contributed by atoms with Crippen LogP contribution >= 0.6 is 71.0 Å². The first kappa shape index (κ1) is 16.1. The predicted molar refractivity (Wildman–Crippen MR) is 91.5 cm³/mol. The molecule has 0 amide bonds. The second-order valence-electron chi connectivity index (χ2n) is 4.68. The maximum absolute atomic E-state index is 6.01. The van der Waals surface area contributed by atoms with E-state index in [0.717, 1.165) is 5.56 Å². The lowest BCUT2D eigenvalue weighted by molar-refractivity contribution is 0.146. The van der Waals surface area contributed by atoms with Crippen LogP contribution in [0.3, 0.4) is 0 Å².